The molecule has 0 radical (unpaired) electrons. The van der Waals surface area contributed by atoms with Crippen molar-refractivity contribution >= 4 is 23.3 Å². The molecule has 2 aromatic rings. The lowest BCUT2D eigenvalue weighted by Gasteiger charge is -2.02. The lowest BCUT2D eigenvalue weighted by atomic mass is 10.2. The Kier molecular flexibility index (Phi) is 3.73. The molecular weight excluding hydrogens is 252 g/mol. The zero-order valence-electron chi connectivity index (χ0n) is 9.29. The molecule has 2 rings (SSSR count). The van der Waals surface area contributed by atoms with Crippen LogP contribution in [0.2, 0.25) is 0 Å². The average molecular weight is 262 g/mol. The number of nitrogens with zero attached hydrogens (tertiary/aromatic N) is 2. The summed E-state index contributed by atoms with van der Waals surface area (Å²) >= 11 is 1.33. The molecule has 1 aromatic heterocycles. The lowest BCUT2D eigenvalue weighted by Crippen LogP contribution is -2.11. The molecule has 0 unspecified atom stereocenters. The molecule has 0 saturated carbocycles. The van der Waals surface area contributed by atoms with Crippen LogP contribution >= 0.6 is 11.8 Å². The van der Waals surface area contributed by atoms with Crippen molar-refractivity contribution in [2.75, 3.05) is 5.73 Å². The van der Waals surface area contributed by atoms with Gasteiger partial charge < -0.3 is 5.73 Å². The molecule has 1 aromatic carbocycles. The van der Waals surface area contributed by atoms with Crippen LogP contribution in [-0.4, -0.2) is 9.97 Å². The summed E-state index contributed by atoms with van der Waals surface area (Å²) in [5, 5.41) is 2.91. The van der Waals surface area contributed by atoms with E-state index < -0.39 is 5.56 Å². The second-order valence-corrected chi connectivity index (χ2v) is 4.43. The van der Waals surface area contributed by atoms with E-state index in [-0.39, 0.29) is 11.5 Å². The number of anilines is 1. The van der Waals surface area contributed by atoms with Crippen molar-refractivity contribution in [2.24, 2.45) is 5.18 Å². The van der Waals surface area contributed by atoms with Crippen molar-refractivity contribution in [2.45, 2.75) is 10.9 Å². The first-order valence-corrected chi connectivity index (χ1v) is 6.09. The highest BCUT2D eigenvalue weighted by Gasteiger charge is 2.09. The SMILES string of the molecule is Nc1nc(SCc2ccccc2)[nH]c(=O)c1N=O. The summed E-state index contributed by atoms with van der Waals surface area (Å²) in [6, 6.07) is 9.72. The van der Waals surface area contributed by atoms with Gasteiger partial charge in [-0.3, -0.25) is 9.78 Å². The minimum atomic E-state index is -0.618. The van der Waals surface area contributed by atoms with E-state index in [1.165, 1.54) is 11.8 Å². The van der Waals surface area contributed by atoms with Crippen LogP contribution in [0, 0.1) is 4.91 Å². The lowest BCUT2D eigenvalue weighted by molar-refractivity contribution is 0.943. The van der Waals surface area contributed by atoms with Crippen LogP contribution < -0.4 is 11.3 Å². The third-order valence-electron chi connectivity index (χ3n) is 2.21. The third-order valence-corrected chi connectivity index (χ3v) is 3.15. The normalized spacial score (nSPS) is 10.2. The van der Waals surface area contributed by atoms with Crippen LogP contribution in [0.15, 0.2) is 45.5 Å². The standard InChI is InChI=1S/C11H10N4O2S/c12-9-8(15-17)10(16)14-11(13-9)18-6-7-4-2-1-3-5-7/h1-5H,6H2,(H3,12,13,14,16). The first-order valence-electron chi connectivity index (χ1n) is 5.10. The van der Waals surface area contributed by atoms with Crippen molar-refractivity contribution < 1.29 is 0 Å². The van der Waals surface area contributed by atoms with Crippen LogP contribution in [0.1, 0.15) is 5.56 Å². The molecule has 0 bridgehead atoms. The highest BCUT2D eigenvalue weighted by Crippen LogP contribution is 2.21. The van der Waals surface area contributed by atoms with Gasteiger partial charge in [-0.1, -0.05) is 42.1 Å². The van der Waals surface area contributed by atoms with Crippen molar-refractivity contribution in [3.63, 3.8) is 0 Å². The summed E-state index contributed by atoms with van der Waals surface area (Å²) in [4.78, 5) is 28.1. The second-order valence-electron chi connectivity index (χ2n) is 3.47. The molecule has 0 saturated heterocycles. The van der Waals surface area contributed by atoms with Gasteiger partial charge in [-0.15, -0.1) is 4.91 Å². The van der Waals surface area contributed by atoms with Crippen molar-refractivity contribution in [1.29, 1.82) is 0 Å². The quantitative estimate of drug-likeness (QED) is 0.499. The molecule has 92 valence electrons. The van der Waals surface area contributed by atoms with E-state index in [9.17, 15) is 9.70 Å². The van der Waals surface area contributed by atoms with E-state index >= 15 is 0 Å². The minimum Gasteiger partial charge on any atom is -0.382 e. The largest absolute Gasteiger partial charge is 0.382 e. The van der Waals surface area contributed by atoms with Gasteiger partial charge in [0.1, 0.15) is 0 Å². The average Bonchev–Trinajstić information content (AvgIpc) is 2.37. The van der Waals surface area contributed by atoms with Gasteiger partial charge in [0.2, 0.25) is 5.69 Å². The van der Waals surface area contributed by atoms with E-state index in [0.717, 1.165) is 5.56 Å². The number of thioether (sulfide) groups is 1. The van der Waals surface area contributed by atoms with Crippen LogP contribution in [-0.2, 0) is 5.75 Å². The molecule has 1 heterocycles. The maximum absolute atomic E-state index is 11.4. The van der Waals surface area contributed by atoms with Gasteiger partial charge in [-0.2, -0.15) is 0 Å². The molecule has 7 heteroatoms. The summed E-state index contributed by atoms with van der Waals surface area (Å²) in [5.74, 6) is 0.501. The Hall–Kier alpha value is -2.15. The molecule has 0 aliphatic carbocycles. The third kappa shape index (κ3) is 2.75. The minimum absolute atomic E-state index is 0.149. The number of H-pyrrole nitrogens is 1. The Balaban J connectivity index is 2.16. The van der Waals surface area contributed by atoms with E-state index in [4.69, 9.17) is 5.73 Å². The maximum atomic E-state index is 11.4. The number of aromatic amines is 1. The molecule has 0 spiro atoms. The smallest absolute Gasteiger partial charge is 0.283 e. The predicted molar refractivity (Wildman–Crippen MR) is 70.7 cm³/mol. The fraction of sp³-hybridized carbons (Fsp3) is 0.0909. The highest BCUT2D eigenvalue weighted by atomic mass is 32.2. The summed E-state index contributed by atoms with van der Waals surface area (Å²) in [5.41, 5.74) is 5.57. The monoisotopic (exact) mass is 262 g/mol. The number of nitrogen functional groups attached to an aromatic ring is 1. The number of nitrogens with two attached hydrogens (primary N) is 1. The summed E-state index contributed by atoms with van der Waals surface area (Å²) in [7, 11) is 0. The molecule has 0 fully saturated rings. The van der Waals surface area contributed by atoms with E-state index in [1.807, 2.05) is 30.3 Å². The Morgan fingerprint density at radius 2 is 2.06 bits per heavy atom. The van der Waals surface area contributed by atoms with Gasteiger partial charge in [0.15, 0.2) is 11.0 Å². The Bertz CT molecular complexity index is 612. The van der Waals surface area contributed by atoms with Gasteiger partial charge in [0.05, 0.1) is 0 Å². The Morgan fingerprint density at radius 3 is 2.67 bits per heavy atom. The number of rotatable bonds is 4. The highest BCUT2D eigenvalue weighted by molar-refractivity contribution is 7.98. The number of nitrogens with one attached hydrogen (secondary N) is 1. The van der Waals surface area contributed by atoms with E-state index in [1.54, 1.807) is 0 Å². The number of benzene rings is 1. The van der Waals surface area contributed by atoms with Crippen LogP contribution in [0.4, 0.5) is 11.5 Å². The van der Waals surface area contributed by atoms with Gasteiger partial charge >= 0.3 is 0 Å². The van der Waals surface area contributed by atoms with Crippen molar-refractivity contribution in [1.82, 2.24) is 9.97 Å². The summed E-state index contributed by atoms with van der Waals surface area (Å²) in [6.07, 6.45) is 0. The van der Waals surface area contributed by atoms with Crippen molar-refractivity contribution in [3.8, 4) is 0 Å². The molecule has 0 atom stereocenters. The van der Waals surface area contributed by atoms with Gasteiger partial charge in [-0.05, 0) is 10.7 Å². The van der Waals surface area contributed by atoms with Gasteiger partial charge in [0.25, 0.3) is 5.56 Å². The molecule has 18 heavy (non-hydrogen) atoms. The van der Waals surface area contributed by atoms with Crippen molar-refractivity contribution in [3.05, 3.63) is 51.2 Å². The summed E-state index contributed by atoms with van der Waals surface area (Å²) in [6.45, 7) is 0. The molecule has 6 nitrogen and oxygen atoms in total. The maximum Gasteiger partial charge on any atom is 0.283 e. The zero-order valence-corrected chi connectivity index (χ0v) is 10.1. The fourth-order valence-electron chi connectivity index (χ4n) is 1.35. The Labute approximate surface area is 107 Å². The fourth-order valence-corrected chi connectivity index (χ4v) is 2.17. The number of hydrogen-bond donors (Lipinski definition) is 2. The second kappa shape index (κ2) is 5.46. The van der Waals surface area contributed by atoms with E-state index in [2.05, 4.69) is 15.1 Å². The van der Waals surface area contributed by atoms with Crippen LogP contribution in [0.5, 0.6) is 0 Å². The first-order chi connectivity index (χ1) is 8.70. The van der Waals surface area contributed by atoms with E-state index in [0.29, 0.717) is 10.9 Å². The first kappa shape index (κ1) is 12.3. The van der Waals surface area contributed by atoms with Gasteiger partial charge in [0, 0.05) is 5.75 Å². The molecule has 3 N–H and O–H groups in total. The number of nitroso groups, excluding NO2 is 1. The Morgan fingerprint density at radius 1 is 1.33 bits per heavy atom. The molecule has 0 aliphatic heterocycles. The predicted octanol–water partition coefficient (Wildman–Crippen LogP) is 2.04. The number of hydrogen-bond acceptors (Lipinski definition) is 6. The van der Waals surface area contributed by atoms with Crippen LogP contribution in [0.3, 0.4) is 0 Å². The zero-order chi connectivity index (χ0) is 13.0. The molecule has 0 amide bonds. The van der Waals surface area contributed by atoms with Gasteiger partial charge in [-0.25, -0.2) is 4.98 Å². The molecular formula is C11H10N4O2S. The summed E-state index contributed by atoms with van der Waals surface area (Å²) < 4.78 is 0. The molecule has 0 aliphatic rings. The topological polar surface area (TPSA) is 101 Å². The number of aromatic nitrogens is 2. The van der Waals surface area contributed by atoms with Crippen LogP contribution in [0.25, 0.3) is 0 Å².